The van der Waals surface area contributed by atoms with E-state index in [0.29, 0.717) is 6.04 Å². The van der Waals surface area contributed by atoms with Crippen molar-refractivity contribution in [1.82, 2.24) is 19.4 Å². The molecule has 1 fully saturated rings. The Morgan fingerprint density at radius 2 is 2.08 bits per heavy atom. The zero-order chi connectivity index (χ0) is 16.8. The molecule has 0 radical (unpaired) electrons. The number of hydrogen-bond donors (Lipinski definition) is 0. The van der Waals surface area contributed by atoms with Crippen LogP contribution in [-0.2, 0) is 20.0 Å². The van der Waals surface area contributed by atoms with Gasteiger partial charge in [-0.05, 0) is 51.4 Å². The van der Waals surface area contributed by atoms with Crippen molar-refractivity contribution in [2.24, 2.45) is 7.05 Å². The first-order chi connectivity index (χ1) is 11.7. The topological polar surface area (TPSA) is 24.3 Å². The summed E-state index contributed by atoms with van der Waals surface area (Å²) >= 11 is 0. The lowest BCUT2D eigenvalue weighted by molar-refractivity contribution is 0.109. The van der Waals surface area contributed by atoms with Crippen LogP contribution >= 0.6 is 0 Å². The average molecular weight is 326 g/mol. The molecule has 1 aromatic heterocycles. The van der Waals surface area contributed by atoms with Crippen molar-refractivity contribution >= 4 is 0 Å². The van der Waals surface area contributed by atoms with E-state index in [1.165, 1.54) is 50.9 Å². The van der Waals surface area contributed by atoms with Gasteiger partial charge in [-0.1, -0.05) is 30.3 Å². The van der Waals surface area contributed by atoms with Crippen LogP contribution < -0.4 is 0 Å². The van der Waals surface area contributed by atoms with Crippen molar-refractivity contribution in [1.29, 1.82) is 0 Å². The number of aromatic nitrogens is 2. The molecule has 0 spiro atoms. The second kappa shape index (κ2) is 8.45. The molecule has 0 amide bonds. The Balaban J connectivity index is 1.44. The molecule has 24 heavy (non-hydrogen) atoms. The van der Waals surface area contributed by atoms with E-state index in [1.54, 1.807) is 0 Å². The highest BCUT2D eigenvalue weighted by Crippen LogP contribution is 2.17. The molecular formula is C20H30N4. The first kappa shape index (κ1) is 17.2. The van der Waals surface area contributed by atoms with E-state index in [1.807, 2.05) is 12.4 Å². The fourth-order valence-corrected chi connectivity index (χ4v) is 3.65. The third-order valence-electron chi connectivity index (χ3n) is 5.20. The fraction of sp³-hybridized carbons (Fsp3) is 0.550. The van der Waals surface area contributed by atoms with Crippen LogP contribution in [0.2, 0.25) is 0 Å². The van der Waals surface area contributed by atoms with E-state index in [4.69, 9.17) is 0 Å². The van der Waals surface area contributed by atoms with Crippen LogP contribution in [0.15, 0.2) is 42.7 Å². The molecule has 1 aromatic carbocycles. The standard InChI is InChI=1S/C20H30N4/c1-22-15-12-21-20(22)17-23(2)19-11-7-14-24(16-19)13-6-10-18-8-4-3-5-9-18/h3-5,8-9,12,15,19H,6-7,10-11,13-14,16-17H2,1-2H3/t19-/m1/s1. The Morgan fingerprint density at radius 1 is 1.25 bits per heavy atom. The highest BCUT2D eigenvalue weighted by molar-refractivity contribution is 5.14. The number of imidazole rings is 1. The Kier molecular flexibility index (Phi) is 6.05. The smallest absolute Gasteiger partial charge is 0.122 e. The van der Waals surface area contributed by atoms with Gasteiger partial charge in [-0.3, -0.25) is 4.90 Å². The minimum absolute atomic E-state index is 0.646. The molecule has 3 rings (SSSR count). The molecule has 0 N–H and O–H groups in total. The maximum atomic E-state index is 4.46. The minimum Gasteiger partial charge on any atom is -0.337 e. The largest absolute Gasteiger partial charge is 0.337 e. The van der Waals surface area contributed by atoms with Crippen molar-refractivity contribution in [2.45, 2.75) is 38.3 Å². The summed E-state index contributed by atoms with van der Waals surface area (Å²) in [5.41, 5.74) is 1.46. The number of hydrogen-bond acceptors (Lipinski definition) is 3. The molecule has 0 unspecified atom stereocenters. The van der Waals surface area contributed by atoms with Gasteiger partial charge >= 0.3 is 0 Å². The summed E-state index contributed by atoms with van der Waals surface area (Å²) in [6, 6.07) is 11.5. The van der Waals surface area contributed by atoms with Crippen molar-refractivity contribution in [2.75, 3.05) is 26.7 Å². The van der Waals surface area contributed by atoms with Gasteiger partial charge in [-0.25, -0.2) is 4.98 Å². The van der Waals surface area contributed by atoms with Gasteiger partial charge in [0.2, 0.25) is 0 Å². The van der Waals surface area contributed by atoms with Crippen molar-refractivity contribution in [3.63, 3.8) is 0 Å². The van der Waals surface area contributed by atoms with E-state index >= 15 is 0 Å². The van der Waals surface area contributed by atoms with Gasteiger partial charge in [0.05, 0.1) is 6.54 Å². The maximum absolute atomic E-state index is 4.46. The van der Waals surface area contributed by atoms with E-state index in [-0.39, 0.29) is 0 Å². The van der Waals surface area contributed by atoms with Gasteiger partial charge < -0.3 is 9.47 Å². The van der Waals surface area contributed by atoms with Gasteiger partial charge in [-0.2, -0.15) is 0 Å². The maximum Gasteiger partial charge on any atom is 0.122 e. The zero-order valence-electron chi connectivity index (χ0n) is 15.1. The normalized spacial score (nSPS) is 19.0. The van der Waals surface area contributed by atoms with Gasteiger partial charge in [-0.15, -0.1) is 0 Å². The SMILES string of the molecule is CN(Cc1nccn1C)[C@@H]1CCCN(CCCc2ccccc2)C1. The third-order valence-corrected chi connectivity index (χ3v) is 5.20. The summed E-state index contributed by atoms with van der Waals surface area (Å²) in [7, 11) is 4.32. The van der Waals surface area contributed by atoms with E-state index in [2.05, 4.69) is 63.8 Å². The van der Waals surface area contributed by atoms with Crippen LogP contribution in [0.25, 0.3) is 0 Å². The second-order valence-corrected chi connectivity index (χ2v) is 7.06. The second-order valence-electron chi connectivity index (χ2n) is 7.06. The lowest BCUT2D eigenvalue weighted by atomic mass is 10.0. The molecule has 0 bridgehead atoms. The van der Waals surface area contributed by atoms with Crippen LogP contribution in [-0.4, -0.2) is 52.1 Å². The molecule has 130 valence electrons. The van der Waals surface area contributed by atoms with Crippen LogP contribution in [0.5, 0.6) is 0 Å². The van der Waals surface area contributed by atoms with E-state index < -0.39 is 0 Å². The first-order valence-corrected chi connectivity index (χ1v) is 9.15. The zero-order valence-corrected chi connectivity index (χ0v) is 15.1. The number of piperidine rings is 1. The van der Waals surface area contributed by atoms with Crippen LogP contribution in [0.1, 0.15) is 30.7 Å². The van der Waals surface area contributed by atoms with Crippen LogP contribution in [0.4, 0.5) is 0 Å². The van der Waals surface area contributed by atoms with Gasteiger partial charge in [0.1, 0.15) is 5.82 Å². The summed E-state index contributed by atoms with van der Waals surface area (Å²) in [5.74, 6) is 1.15. The summed E-state index contributed by atoms with van der Waals surface area (Å²) in [6.07, 6.45) is 8.96. The summed E-state index contributed by atoms with van der Waals surface area (Å²) in [5, 5.41) is 0. The van der Waals surface area contributed by atoms with Gasteiger partial charge in [0.25, 0.3) is 0 Å². The predicted molar refractivity (Wildman–Crippen MR) is 98.9 cm³/mol. The molecule has 4 nitrogen and oxygen atoms in total. The lowest BCUT2D eigenvalue weighted by Gasteiger charge is -2.37. The molecule has 0 saturated carbocycles. The number of likely N-dealkylation sites (N-methyl/N-ethyl adjacent to an activating group) is 1. The molecule has 2 heterocycles. The molecule has 2 aromatic rings. The first-order valence-electron chi connectivity index (χ1n) is 9.15. The molecule has 1 atom stereocenters. The van der Waals surface area contributed by atoms with Gasteiger partial charge in [0, 0.05) is 32.0 Å². The molecular weight excluding hydrogens is 296 g/mol. The van der Waals surface area contributed by atoms with Crippen LogP contribution in [0, 0.1) is 0 Å². The number of nitrogens with zero attached hydrogens (tertiary/aromatic N) is 4. The molecule has 0 aliphatic carbocycles. The molecule has 1 aliphatic rings. The van der Waals surface area contributed by atoms with Crippen molar-refractivity contribution in [3.8, 4) is 0 Å². The Labute approximate surface area is 146 Å². The monoisotopic (exact) mass is 326 g/mol. The number of likely N-dealkylation sites (tertiary alicyclic amines) is 1. The summed E-state index contributed by atoms with van der Waals surface area (Å²) in [6.45, 7) is 4.59. The molecule has 1 aliphatic heterocycles. The average Bonchev–Trinajstić information content (AvgIpc) is 3.01. The molecule has 1 saturated heterocycles. The predicted octanol–water partition coefficient (Wildman–Crippen LogP) is 2.95. The van der Waals surface area contributed by atoms with E-state index in [9.17, 15) is 0 Å². The van der Waals surface area contributed by atoms with Crippen molar-refractivity contribution < 1.29 is 0 Å². The Hall–Kier alpha value is -1.65. The van der Waals surface area contributed by atoms with Gasteiger partial charge in [0.15, 0.2) is 0 Å². The van der Waals surface area contributed by atoms with Crippen molar-refractivity contribution in [3.05, 3.63) is 54.1 Å². The Bertz CT molecular complexity index is 607. The number of aryl methyl sites for hydroxylation is 2. The minimum atomic E-state index is 0.646. The summed E-state index contributed by atoms with van der Waals surface area (Å²) in [4.78, 5) is 9.58. The van der Waals surface area contributed by atoms with Crippen LogP contribution in [0.3, 0.4) is 0 Å². The number of rotatable bonds is 7. The highest BCUT2D eigenvalue weighted by atomic mass is 15.2. The quantitative estimate of drug-likeness (QED) is 0.782. The highest BCUT2D eigenvalue weighted by Gasteiger charge is 2.23. The number of benzene rings is 1. The lowest BCUT2D eigenvalue weighted by Crippen LogP contribution is -2.46. The Morgan fingerprint density at radius 3 is 2.83 bits per heavy atom. The molecule has 4 heteroatoms. The summed E-state index contributed by atoms with van der Waals surface area (Å²) < 4.78 is 2.12. The van der Waals surface area contributed by atoms with E-state index in [0.717, 1.165) is 12.4 Å². The fourth-order valence-electron chi connectivity index (χ4n) is 3.65. The third kappa shape index (κ3) is 4.68.